The Morgan fingerprint density at radius 1 is 0.944 bits per heavy atom. The first-order valence-electron chi connectivity index (χ1n) is 7.53. The van der Waals surface area contributed by atoms with E-state index in [-0.39, 0.29) is 6.10 Å². The molecular formula is C17H28O. The first-order chi connectivity index (χ1) is 8.74. The number of hydrogen-bond donors (Lipinski definition) is 1. The second kappa shape index (κ2) is 8.31. The number of aryl methyl sites for hydroxylation is 2. The van der Waals surface area contributed by atoms with Gasteiger partial charge in [0.2, 0.25) is 0 Å². The minimum Gasteiger partial charge on any atom is -0.388 e. The predicted octanol–water partition coefficient (Wildman–Crippen LogP) is 4.82. The van der Waals surface area contributed by atoms with Crippen molar-refractivity contribution in [3.8, 4) is 0 Å². The molecule has 0 radical (unpaired) electrons. The van der Waals surface area contributed by atoms with E-state index in [1.807, 2.05) is 0 Å². The van der Waals surface area contributed by atoms with Gasteiger partial charge in [0.05, 0.1) is 6.10 Å². The van der Waals surface area contributed by atoms with Crippen LogP contribution >= 0.6 is 0 Å². The largest absolute Gasteiger partial charge is 0.388 e. The Labute approximate surface area is 112 Å². The lowest BCUT2D eigenvalue weighted by atomic mass is 9.90. The van der Waals surface area contributed by atoms with Gasteiger partial charge < -0.3 is 5.11 Å². The smallest absolute Gasteiger partial charge is 0.0792 e. The van der Waals surface area contributed by atoms with Crippen molar-refractivity contribution < 1.29 is 5.11 Å². The lowest BCUT2D eigenvalue weighted by molar-refractivity contribution is 0.171. The number of aliphatic hydroxyl groups is 1. The number of rotatable bonds is 8. The SMILES string of the molecule is CCCCc1cccc(CCCC)c1C(O)CC. The highest BCUT2D eigenvalue weighted by Crippen LogP contribution is 2.27. The quantitative estimate of drug-likeness (QED) is 0.699. The highest BCUT2D eigenvalue weighted by molar-refractivity contribution is 5.37. The summed E-state index contributed by atoms with van der Waals surface area (Å²) in [6, 6.07) is 6.54. The fraction of sp³-hybridized carbons (Fsp3) is 0.647. The van der Waals surface area contributed by atoms with Crippen molar-refractivity contribution in [3.05, 3.63) is 34.9 Å². The van der Waals surface area contributed by atoms with Crippen molar-refractivity contribution in [2.45, 2.75) is 71.8 Å². The molecule has 1 nitrogen and oxygen atoms in total. The average Bonchev–Trinajstić information content (AvgIpc) is 2.41. The highest BCUT2D eigenvalue weighted by Gasteiger charge is 2.14. The zero-order valence-corrected chi connectivity index (χ0v) is 12.2. The highest BCUT2D eigenvalue weighted by atomic mass is 16.3. The predicted molar refractivity (Wildman–Crippen MR) is 78.9 cm³/mol. The van der Waals surface area contributed by atoms with E-state index in [9.17, 15) is 5.11 Å². The van der Waals surface area contributed by atoms with Gasteiger partial charge in [0.1, 0.15) is 0 Å². The third-order valence-electron chi connectivity index (χ3n) is 3.61. The summed E-state index contributed by atoms with van der Waals surface area (Å²) in [6.45, 7) is 6.50. The van der Waals surface area contributed by atoms with Crippen LogP contribution in [0.5, 0.6) is 0 Å². The van der Waals surface area contributed by atoms with Crippen LogP contribution in [0.2, 0.25) is 0 Å². The van der Waals surface area contributed by atoms with Gasteiger partial charge in [-0.3, -0.25) is 0 Å². The van der Waals surface area contributed by atoms with Crippen molar-refractivity contribution >= 4 is 0 Å². The third-order valence-corrected chi connectivity index (χ3v) is 3.61. The summed E-state index contributed by atoms with van der Waals surface area (Å²) in [7, 11) is 0. The molecule has 0 spiro atoms. The molecule has 0 aliphatic carbocycles. The van der Waals surface area contributed by atoms with Gasteiger partial charge in [-0.1, -0.05) is 51.8 Å². The lowest BCUT2D eigenvalue weighted by Gasteiger charge is -2.19. The molecule has 1 heteroatoms. The van der Waals surface area contributed by atoms with Gasteiger partial charge in [-0.05, 0) is 48.8 Å². The summed E-state index contributed by atoms with van der Waals surface area (Å²) in [4.78, 5) is 0. The fourth-order valence-electron chi connectivity index (χ4n) is 2.47. The van der Waals surface area contributed by atoms with Gasteiger partial charge in [0.15, 0.2) is 0 Å². The van der Waals surface area contributed by atoms with E-state index in [1.54, 1.807) is 0 Å². The van der Waals surface area contributed by atoms with E-state index >= 15 is 0 Å². The molecule has 1 N–H and O–H groups in total. The van der Waals surface area contributed by atoms with Crippen LogP contribution in [-0.2, 0) is 12.8 Å². The maximum absolute atomic E-state index is 10.3. The van der Waals surface area contributed by atoms with E-state index in [2.05, 4.69) is 39.0 Å². The Kier molecular flexibility index (Phi) is 7.04. The maximum atomic E-state index is 10.3. The molecular weight excluding hydrogens is 220 g/mol. The molecule has 18 heavy (non-hydrogen) atoms. The number of hydrogen-bond acceptors (Lipinski definition) is 1. The maximum Gasteiger partial charge on any atom is 0.0792 e. The molecule has 0 saturated heterocycles. The zero-order chi connectivity index (χ0) is 13.4. The molecule has 1 rings (SSSR count). The van der Waals surface area contributed by atoms with E-state index in [0.717, 1.165) is 19.3 Å². The molecule has 102 valence electrons. The summed E-state index contributed by atoms with van der Waals surface area (Å²) in [5.74, 6) is 0. The minimum atomic E-state index is -0.287. The van der Waals surface area contributed by atoms with Crippen LogP contribution in [0.4, 0.5) is 0 Å². The Morgan fingerprint density at radius 2 is 1.44 bits per heavy atom. The van der Waals surface area contributed by atoms with E-state index in [1.165, 1.54) is 42.4 Å². The standard InChI is InChI=1S/C17H28O/c1-4-7-10-14-12-9-13-15(11-8-5-2)17(14)16(18)6-3/h9,12-13,16,18H,4-8,10-11H2,1-3H3. The summed E-state index contributed by atoms with van der Waals surface area (Å²) >= 11 is 0. The Morgan fingerprint density at radius 3 is 1.83 bits per heavy atom. The minimum absolute atomic E-state index is 0.287. The molecule has 0 heterocycles. The van der Waals surface area contributed by atoms with E-state index in [4.69, 9.17) is 0 Å². The van der Waals surface area contributed by atoms with Crippen molar-refractivity contribution in [2.24, 2.45) is 0 Å². The van der Waals surface area contributed by atoms with Crippen molar-refractivity contribution in [1.82, 2.24) is 0 Å². The second-order valence-electron chi connectivity index (χ2n) is 5.12. The van der Waals surface area contributed by atoms with E-state index in [0.29, 0.717) is 0 Å². The Bertz CT molecular complexity index is 317. The summed E-state index contributed by atoms with van der Waals surface area (Å²) in [5.41, 5.74) is 3.95. The molecule has 1 aromatic rings. The average molecular weight is 248 g/mol. The van der Waals surface area contributed by atoms with Gasteiger partial charge in [-0.2, -0.15) is 0 Å². The van der Waals surface area contributed by atoms with Crippen molar-refractivity contribution in [2.75, 3.05) is 0 Å². The molecule has 0 bridgehead atoms. The number of benzene rings is 1. The molecule has 0 saturated carbocycles. The summed E-state index contributed by atoms with van der Waals surface area (Å²) in [5, 5.41) is 10.3. The topological polar surface area (TPSA) is 20.2 Å². The molecule has 0 fully saturated rings. The molecule has 0 amide bonds. The van der Waals surface area contributed by atoms with E-state index < -0.39 is 0 Å². The van der Waals surface area contributed by atoms with Crippen LogP contribution in [-0.4, -0.2) is 5.11 Å². The lowest BCUT2D eigenvalue weighted by Crippen LogP contribution is -2.06. The van der Waals surface area contributed by atoms with Crippen LogP contribution < -0.4 is 0 Å². The monoisotopic (exact) mass is 248 g/mol. The summed E-state index contributed by atoms with van der Waals surface area (Å²) < 4.78 is 0. The van der Waals surface area contributed by atoms with Crippen LogP contribution in [0.3, 0.4) is 0 Å². The van der Waals surface area contributed by atoms with Gasteiger partial charge in [0, 0.05) is 0 Å². The molecule has 1 atom stereocenters. The van der Waals surface area contributed by atoms with Gasteiger partial charge >= 0.3 is 0 Å². The summed E-state index contributed by atoms with van der Waals surface area (Å²) in [6.07, 6.45) is 7.56. The number of aliphatic hydroxyl groups excluding tert-OH is 1. The van der Waals surface area contributed by atoms with Crippen LogP contribution in [0.25, 0.3) is 0 Å². The van der Waals surface area contributed by atoms with Crippen LogP contribution in [0, 0.1) is 0 Å². The molecule has 1 aromatic carbocycles. The molecule has 0 aliphatic rings. The molecule has 0 aliphatic heterocycles. The first kappa shape index (κ1) is 15.2. The Hall–Kier alpha value is -0.820. The number of unbranched alkanes of at least 4 members (excludes halogenated alkanes) is 2. The fourth-order valence-corrected chi connectivity index (χ4v) is 2.47. The van der Waals surface area contributed by atoms with Gasteiger partial charge in [-0.15, -0.1) is 0 Å². The molecule has 1 unspecified atom stereocenters. The van der Waals surface area contributed by atoms with Gasteiger partial charge in [0.25, 0.3) is 0 Å². The van der Waals surface area contributed by atoms with Crippen LogP contribution in [0.15, 0.2) is 18.2 Å². The normalized spacial score (nSPS) is 12.7. The Balaban J connectivity index is 3.00. The van der Waals surface area contributed by atoms with Crippen LogP contribution in [0.1, 0.15) is 75.7 Å². The van der Waals surface area contributed by atoms with Crippen molar-refractivity contribution in [1.29, 1.82) is 0 Å². The first-order valence-corrected chi connectivity index (χ1v) is 7.53. The second-order valence-corrected chi connectivity index (χ2v) is 5.12. The third kappa shape index (κ3) is 4.13. The molecule has 0 aromatic heterocycles. The van der Waals surface area contributed by atoms with Crippen molar-refractivity contribution in [3.63, 3.8) is 0 Å². The zero-order valence-electron chi connectivity index (χ0n) is 12.2. The van der Waals surface area contributed by atoms with Gasteiger partial charge in [-0.25, -0.2) is 0 Å².